The Kier molecular flexibility index (Phi) is 6.31. The van der Waals surface area contributed by atoms with Crippen LogP contribution >= 0.6 is 0 Å². The second-order valence-corrected chi connectivity index (χ2v) is 9.43. The second kappa shape index (κ2) is 10.0. The molecule has 5 nitrogen and oxygen atoms in total. The number of hydrogen-bond donors (Lipinski definition) is 0. The molecule has 1 saturated heterocycles. The first kappa shape index (κ1) is 22.6. The van der Waals surface area contributed by atoms with E-state index in [1.165, 1.54) is 32.4 Å². The summed E-state index contributed by atoms with van der Waals surface area (Å²) >= 11 is 0. The number of carbonyl (C=O) groups excluding carboxylic acids is 1. The molecule has 2 aliphatic heterocycles. The third kappa shape index (κ3) is 4.54. The molecule has 3 heterocycles. The lowest BCUT2D eigenvalue weighted by atomic mass is 9.96. The Balaban J connectivity index is 1.32. The quantitative estimate of drug-likeness (QED) is 0.278. The summed E-state index contributed by atoms with van der Waals surface area (Å²) in [5.74, 6) is 1.79. The van der Waals surface area contributed by atoms with Crippen LogP contribution in [-0.2, 0) is 6.42 Å². The average molecular weight is 480 g/mol. The highest BCUT2D eigenvalue weighted by atomic mass is 16.5. The van der Waals surface area contributed by atoms with Gasteiger partial charge in [0, 0.05) is 29.1 Å². The molecule has 36 heavy (non-hydrogen) atoms. The van der Waals surface area contributed by atoms with Gasteiger partial charge in [-0.25, -0.2) is 0 Å². The highest BCUT2D eigenvalue weighted by Crippen LogP contribution is 2.40. The maximum absolute atomic E-state index is 13.5. The summed E-state index contributed by atoms with van der Waals surface area (Å²) in [5, 5.41) is 0.908. The van der Waals surface area contributed by atoms with Crippen molar-refractivity contribution in [3.63, 3.8) is 0 Å². The molecule has 0 aliphatic carbocycles. The van der Waals surface area contributed by atoms with Gasteiger partial charge in [-0.2, -0.15) is 0 Å². The maximum atomic E-state index is 13.5. The molecular formula is C31H29NO4. The summed E-state index contributed by atoms with van der Waals surface area (Å²) in [5.41, 5.74) is 4.03. The van der Waals surface area contributed by atoms with Crippen molar-refractivity contribution < 1.29 is 18.7 Å². The minimum Gasteiger partial charge on any atom is -0.492 e. The van der Waals surface area contributed by atoms with Crippen molar-refractivity contribution >= 4 is 16.8 Å². The number of carbonyl (C=O) groups is 1. The molecule has 0 radical (unpaired) electrons. The molecule has 182 valence electrons. The highest BCUT2D eigenvalue weighted by molar-refractivity contribution is 6.15. The van der Waals surface area contributed by atoms with Crippen LogP contribution in [0.3, 0.4) is 0 Å². The van der Waals surface area contributed by atoms with Crippen LogP contribution < -0.4 is 9.47 Å². The Bertz CT molecular complexity index is 1400. The minimum absolute atomic E-state index is 0.138. The summed E-state index contributed by atoms with van der Waals surface area (Å²) in [4.78, 5) is 16.0. The molecule has 0 saturated carbocycles. The topological polar surface area (TPSA) is 51.9 Å². The maximum Gasteiger partial charge on any atom is 0.228 e. The minimum atomic E-state index is -0.138. The number of piperidine rings is 1. The smallest absolute Gasteiger partial charge is 0.228 e. The molecule has 0 unspecified atom stereocenters. The molecule has 1 fully saturated rings. The monoisotopic (exact) mass is 479 g/mol. The van der Waals surface area contributed by atoms with Gasteiger partial charge in [0.1, 0.15) is 23.7 Å². The lowest BCUT2D eigenvalue weighted by molar-refractivity contribution is 0.101. The molecular weight excluding hydrogens is 450 g/mol. The zero-order chi connectivity index (χ0) is 24.3. The Labute approximate surface area is 210 Å². The first-order valence-corrected chi connectivity index (χ1v) is 12.7. The fourth-order valence-electron chi connectivity index (χ4n) is 5.10. The van der Waals surface area contributed by atoms with E-state index in [2.05, 4.69) is 11.0 Å². The highest BCUT2D eigenvalue weighted by Gasteiger charge is 2.25. The second-order valence-electron chi connectivity index (χ2n) is 9.43. The van der Waals surface area contributed by atoms with Gasteiger partial charge in [0.25, 0.3) is 0 Å². The molecule has 0 atom stereocenters. The van der Waals surface area contributed by atoms with Crippen LogP contribution in [-0.4, -0.2) is 36.9 Å². The van der Waals surface area contributed by atoms with Crippen LogP contribution in [0.25, 0.3) is 22.1 Å². The van der Waals surface area contributed by atoms with Gasteiger partial charge in [-0.3, -0.25) is 9.69 Å². The number of rotatable bonds is 7. The molecule has 2 aliphatic rings. The van der Waals surface area contributed by atoms with Gasteiger partial charge in [-0.15, -0.1) is 0 Å². The van der Waals surface area contributed by atoms with Gasteiger partial charge in [0.05, 0.1) is 6.26 Å². The van der Waals surface area contributed by atoms with Crippen LogP contribution in [0.15, 0.2) is 83.5 Å². The fraction of sp³-hybridized carbons (Fsp3) is 0.258. The number of nitrogens with zero attached hydrogens (tertiary/aromatic N) is 1. The number of benzene rings is 3. The van der Waals surface area contributed by atoms with E-state index in [0.717, 1.165) is 46.5 Å². The number of hydrogen-bond acceptors (Lipinski definition) is 5. The van der Waals surface area contributed by atoms with E-state index in [1.54, 1.807) is 6.26 Å². The third-order valence-electron chi connectivity index (χ3n) is 7.01. The Morgan fingerprint density at radius 3 is 2.56 bits per heavy atom. The van der Waals surface area contributed by atoms with Gasteiger partial charge >= 0.3 is 0 Å². The lowest BCUT2D eigenvalue weighted by Crippen LogP contribution is -2.33. The Morgan fingerprint density at radius 2 is 1.75 bits per heavy atom. The van der Waals surface area contributed by atoms with Crippen LogP contribution in [0, 0.1) is 0 Å². The van der Waals surface area contributed by atoms with Crippen LogP contribution in [0.1, 0.15) is 40.9 Å². The zero-order valence-electron chi connectivity index (χ0n) is 20.2. The summed E-state index contributed by atoms with van der Waals surface area (Å²) in [6, 6.07) is 21.2. The molecule has 0 bridgehead atoms. The van der Waals surface area contributed by atoms with Gasteiger partial charge in [-0.1, -0.05) is 48.9 Å². The summed E-state index contributed by atoms with van der Waals surface area (Å²) in [7, 11) is 0. The molecule has 0 amide bonds. The molecule has 5 heteroatoms. The van der Waals surface area contributed by atoms with Crippen molar-refractivity contribution in [2.24, 2.45) is 0 Å². The lowest BCUT2D eigenvalue weighted by Gasteiger charge is -2.26. The van der Waals surface area contributed by atoms with E-state index in [0.29, 0.717) is 23.5 Å². The average Bonchev–Trinajstić information content (AvgIpc) is 3.31. The molecule has 3 aromatic carbocycles. The van der Waals surface area contributed by atoms with Gasteiger partial charge in [-0.05, 0) is 67.8 Å². The number of fused-ring (bicyclic) bond motifs is 2. The summed E-state index contributed by atoms with van der Waals surface area (Å²) in [6.07, 6.45) is 8.36. The van der Waals surface area contributed by atoms with Gasteiger partial charge in [0.2, 0.25) is 5.78 Å². The zero-order valence-corrected chi connectivity index (χ0v) is 20.2. The molecule has 6 rings (SSSR count). The van der Waals surface area contributed by atoms with E-state index >= 15 is 0 Å². The largest absolute Gasteiger partial charge is 0.492 e. The van der Waals surface area contributed by atoms with Crippen molar-refractivity contribution in [2.45, 2.75) is 25.7 Å². The number of allylic oxidation sites excluding steroid dienone is 1. The van der Waals surface area contributed by atoms with E-state index in [9.17, 15) is 4.79 Å². The predicted octanol–water partition coefficient (Wildman–Crippen LogP) is 6.64. The third-order valence-corrected chi connectivity index (χ3v) is 7.01. The van der Waals surface area contributed by atoms with E-state index in [1.807, 2.05) is 66.7 Å². The normalized spacial score (nSPS) is 15.4. The first-order valence-electron chi connectivity index (χ1n) is 12.7. The predicted molar refractivity (Wildman–Crippen MR) is 141 cm³/mol. The SMILES string of the molecule is O=C(c1ccccc1)c1oc2cc3c(cc2c1-c1ccc(OCCN2CCCCC2)cc1)CC=CO3. The van der Waals surface area contributed by atoms with Crippen molar-refractivity contribution in [1.29, 1.82) is 0 Å². The van der Waals surface area contributed by atoms with E-state index in [-0.39, 0.29) is 5.78 Å². The van der Waals surface area contributed by atoms with Crippen LogP contribution in [0.2, 0.25) is 0 Å². The van der Waals surface area contributed by atoms with Crippen molar-refractivity contribution in [2.75, 3.05) is 26.2 Å². The molecule has 0 N–H and O–H groups in total. The number of ketones is 1. The molecule has 1 aromatic heterocycles. The number of furan rings is 1. The summed E-state index contributed by atoms with van der Waals surface area (Å²) in [6.45, 7) is 3.95. The van der Waals surface area contributed by atoms with Gasteiger partial charge in [0.15, 0.2) is 5.76 Å². The molecule has 0 spiro atoms. The number of ether oxygens (including phenoxy) is 2. The fourth-order valence-corrected chi connectivity index (χ4v) is 5.10. The van der Waals surface area contributed by atoms with Crippen molar-refractivity contribution in [3.8, 4) is 22.6 Å². The summed E-state index contributed by atoms with van der Waals surface area (Å²) < 4.78 is 17.9. The Hall–Kier alpha value is -3.83. The van der Waals surface area contributed by atoms with Crippen LogP contribution in [0.5, 0.6) is 11.5 Å². The van der Waals surface area contributed by atoms with Gasteiger partial charge < -0.3 is 13.9 Å². The van der Waals surface area contributed by atoms with Crippen molar-refractivity contribution in [1.82, 2.24) is 4.90 Å². The standard InChI is InChI=1S/C31H29NO4/c33-30(23-8-3-1-4-9-23)31-29(26-20-24-10-7-18-35-27(24)21-28(26)36-31)22-11-13-25(14-12-22)34-19-17-32-15-5-2-6-16-32/h1,3-4,7-9,11-14,18,20-21H,2,5-6,10,15-17,19H2. The number of likely N-dealkylation sites (tertiary alicyclic amines) is 1. The molecule has 4 aromatic rings. The Morgan fingerprint density at radius 1 is 0.944 bits per heavy atom. The first-order chi connectivity index (χ1) is 17.8. The van der Waals surface area contributed by atoms with Crippen molar-refractivity contribution in [3.05, 3.63) is 96.0 Å². The van der Waals surface area contributed by atoms with E-state index in [4.69, 9.17) is 13.9 Å². The van der Waals surface area contributed by atoms with Crippen LogP contribution in [0.4, 0.5) is 0 Å². The van der Waals surface area contributed by atoms with E-state index < -0.39 is 0 Å².